The standard InChI is InChI=1S/C21H22N2O4/c1-4-26-17(24)21(18(25)27-5-2)11-20(21)10-16(19(20,12-22)13-23)15-8-6-14(3)7-9-15/h6-9,16H,4-5,10-11H2,1-3H3/t16-,20+/m0/s1. The van der Waals surface area contributed by atoms with Gasteiger partial charge < -0.3 is 9.47 Å². The zero-order valence-corrected chi connectivity index (χ0v) is 15.7. The van der Waals surface area contributed by atoms with E-state index >= 15 is 0 Å². The molecule has 0 aromatic heterocycles. The Bertz CT molecular complexity index is 830. The largest absolute Gasteiger partial charge is 0.465 e. The van der Waals surface area contributed by atoms with E-state index in [0.29, 0.717) is 6.42 Å². The number of ether oxygens (including phenoxy) is 2. The molecule has 0 unspecified atom stereocenters. The molecule has 6 nitrogen and oxygen atoms in total. The highest BCUT2D eigenvalue weighted by molar-refractivity contribution is 6.06. The van der Waals surface area contributed by atoms with E-state index in [0.717, 1.165) is 11.1 Å². The molecule has 1 spiro atoms. The van der Waals surface area contributed by atoms with Crippen molar-refractivity contribution in [2.24, 2.45) is 16.2 Å². The van der Waals surface area contributed by atoms with Crippen molar-refractivity contribution < 1.29 is 19.1 Å². The first kappa shape index (κ1) is 18.9. The van der Waals surface area contributed by atoms with E-state index in [2.05, 4.69) is 12.1 Å². The Hall–Kier alpha value is -2.86. The summed E-state index contributed by atoms with van der Waals surface area (Å²) in [6.07, 6.45) is 0.510. The lowest BCUT2D eigenvalue weighted by Crippen LogP contribution is -2.54. The van der Waals surface area contributed by atoms with Crippen molar-refractivity contribution in [3.8, 4) is 12.1 Å². The lowest BCUT2D eigenvalue weighted by Gasteiger charge is -2.50. The summed E-state index contributed by atoms with van der Waals surface area (Å²) in [5.41, 5.74) is -2.15. The molecule has 0 N–H and O–H groups in total. The van der Waals surface area contributed by atoms with E-state index in [1.807, 2.05) is 31.2 Å². The molecule has 2 fully saturated rings. The van der Waals surface area contributed by atoms with Crippen LogP contribution in [0.15, 0.2) is 24.3 Å². The van der Waals surface area contributed by atoms with Crippen LogP contribution in [-0.4, -0.2) is 25.2 Å². The molecule has 0 heterocycles. The van der Waals surface area contributed by atoms with E-state index < -0.39 is 28.2 Å². The minimum Gasteiger partial charge on any atom is -0.465 e. The quantitative estimate of drug-likeness (QED) is 0.586. The third-order valence-corrected chi connectivity index (χ3v) is 6.17. The molecule has 0 aliphatic heterocycles. The van der Waals surface area contributed by atoms with Gasteiger partial charge in [0.2, 0.25) is 0 Å². The molecule has 140 valence electrons. The molecule has 0 bridgehead atoms. The van der Waals surface area contributed by atoms with Gasteiger partial charge in [-0.3, -0.25) is 9.59 Å². The maximum absolute atomic E-state index is 12.7. The molecule has 0 radical (unpaired) electrons. The Morgan fingerprint density at radius 2 is 1.59 bits per heavy atom. The van der Waals surface area contributed by atoms with Crippen LogP contribution >= 0.6 is 0 Å². The van der Waals surface area contributed by atoms with E-state index in [1.54, 1.807) is 13.8 Å². The number of carbonyl (C=O) groups is 2. The fourth-order valence-corrected chi connectivity index (χ4v) is 4.68. The average Bonchev–Trinajstić information content (AvgIpc) is 3.36. The van der Waals surface area contributed by atoms with E-state index in [-0.39, 0.29) is 25.6 Å². The van der Waals surface area contributed by atoms with Crippen LogP contribution in [0.3, 0.4) is 0 Å². The average molecular weight is 366 g/mol. The third kappa shape index (κ3) is 2.23. The molecular formula is C21H22N2O4. The van der Waals surface area contributed by atoms with Crippen LogP contribution in [-0.2, 0) is 19.1 Å². The maximum atomic E-state index is 12.7. The fraction of sp³-hybridized carbons (Fsp3) is 0.524. The van der Waals surface area contributed by atoms with Gasteiger partial charge in [0.05, 0.1) is 25.4 Å². The lowest BCUT2D eigenvalue weighted by atomic mass is 9.47. The topological polar surface area (TPSA) is 100 Å². The number of rotatable bonds is 5. The van der Waals surface area contributed by atoms with Crippen LogP contribution in [0.5, 0.6) is 0 Å². The second kappa shape index (κ2) is 6.39. The van der Waals surface area contributed by atoms with Crippen molar-refractivity contribution in [2.45, 2.75) is 39.5 Å². The lowest BCUT2D eigenvalue weighted by molar-refractivity contribution is -0.170. The summed E-state index contributed by atoms with van der Waals surface area (Å²) >= 11 is 0. The van der Waals surface area contributed by atoms with Crippen molar-refractivity contribution >= 4 is 11.9 Å². The Labute approximate surface area is 158 Å². The van der Waals surface area contributed by atoms with Gasteiger partial charge in [-0.2, -0.15) is 10.5 Å². The zero-order valence-electron chi connectivity index (χ0n) is 15.7. The van der Waals surface area contributed by atoms with E-state index in [9.17, 15) is 20.1 Å². The van der Waals surface area contributed by atoms with Crippen LogP contribution in [0.1, 0.15) is 43.7 Å². The number of aryl methyl sites for hydroxylation is 1. The zero-order chi connectivity index (χ0) is 19.9. The number of nitriles is 2. The summed E-state index contributed by atoms with van der Waals surface area (Å²) in [5.74, 6) is -1.75. The Morgan fingerprint density at radius 1 is 1.07 bits per heavy atom. The summed E-state index contributed by atoms with van der Waals surface area (Å²) in [4.78, 5) is 25.4. The SMILES string of the molecule is CCOC(=O)C1(C(=O)OCC)C[C@@]12C[C@@H](c1ccc(C)cc1)C2(C#N)C#N. The molecule has 1 aromatic carbocycles. The molecule has 3 rings (SSSR count). The Kier molecular flexibility index (Phi) is 4.48. The number of esters is 2. The molecular weight excluding hydrogens is 344 g/mol. The normalized spacial score (nSPS) is 26.2. The molecule has 2 saturated carbocycles. The van der Waals surface area contributed by atoms with E-state index in [4.69, 9.17) is 9.47 Å². The highest BCUT2D eigenvalue weighted by Crippen LogP contribution is 2.85. The van der Waals surface area contributed by atoms with E-state index in [1.165, 1.54) is 0 Å². The predicted molar refractivity (Wildman–Crippen MR) is 94.9 cm³/mol. The third-order valence-electron chi connectivity index (χ3n) is 6.17. The van der Waals surface area contributed by atoms with Gasteiger partial charge in [0.15, 0.2) is 10.8 Å². The summed E-state index contributed by atoms with van der Waals surface area (Å²) in [6.45, 7) is 5.50. The van der Waals surface area contributed by atoms with Gasteiger partial charge in [0.25, 0.3) is 0 Å². The van der Waals surface area contributed by atoms with Crippen molar-refractivity contribution in [2.75, 3.05) is 13.2 Å². The number of hydrogen-bond donors (Lipinski definition) is 0. The minimum absolute atomic E-state index is 0.112. The monoisotopic (exact) mass is 366 g/mol. The first-order valence-corrected chi connectivity index (χ1v) is 9.12. The van der Waals surface area contributed by atoms with Gasteiger partial charge >= 0.3 is 11.9 Å². The van der Waals surface area contributed by atoms with Gasteiger partial charge in [-0.25, -0.2) is 0 Å². The summed E-state index contributed by atoms with van der Waals surface area (Å²) in [7, 11) is 0. The number of carbonyl (C=O) groups excluding carboxylic acids is 2. The van der Waals surface area contributed by atoms with Crippen LogP contribution in [0.25, 0.3) is 0 Å². The van der Waals surface area contributed by atoms with Crippen LogP contribution in [0, 0.1) is 45.8 Å². The summed E-state index contributed by atoms with van der Waals surface area (Å²) in [6, 6.07) is 12.0. The molecule has 2 aliphatic carbocycles. The molecule has 1 aromatic rings. The highest BCUT2D eigenvalue weighted by atomic mass is 16.6. The summed E-state index contributed by atoms with van der Waals surface area (Å²) in [5, 5.41) is 20.0. The van der Waals surface area contributed by atoms with Crippen LogP contribution < -0.4 is 0 Å². The molecule has 0 amide bonds. The van der Waals surface area contributed by atoms with Gasteiger partial charge in [0, 0.05) is 11.3 Å². The molecule has 27 heavy (non-hydrogen) atoms. The summed E-state index contributed by atoms with van der Waals surface area (Å²) < 4.78 is 10.3. The van der Waals surface area contributed by atoms with Crippen LogP contribution in [0.4, 0.5) is 0 Å². The molecule has 2 atom stereocenters. The van der Waals surface area contributed by atoms with Gasteiger partial charge in [-0.1, -0.05) is 29.8 Å². The smallest absolute Gasteiger partial charge is 0.324 e. The Balaban J connectivity index is 2.04. The van der Waals surface area contributed by atoms with Crippen molar-refractivity contribution in [3.63, 3.8) is 0 Å². The number of nitrogens with zero attached hydrogens (tertiary/aromatic N) is 2. The molecule has 2 aliphatic rings. The second-order valence-electron chi connectivity index (χ2n) is 7.30. The fourth-order valence-electron chi connectivity index (χ4n) is 4.68. The minimum atomic E-state index is -1.56. The highest BCUT2D eigenvalue weighted by Gasteiger charge is 2.91. The van der Waals surface area contributed by atoms with Gasteiger partial charge in [-0.15, -0.1) is 0 Å². The van der Waals surface area contributed by atoms with Crippen LogP contribution in [0.2, 0.25) is 0 Å². The predicted octanol–water partition coefficient (Wildman–Crippen LogP) is 3.02. The Morgan fingerprint density at radius 3 is 2.04 bits per heavy atom. The van der Waals surface area contributed by atoms with Gasteiger partial charge in [0.1, 0.15) is 0 Å². The first-order chi connectivity index (χ1) is 12.9. The van der Waals surface area contributed by atoms with Crippen molar-refractivity contribution in [1.29, 1.82) is 10.5 Å². The van der Waals surface area contributed by atoms with Crippen molar-refractivity contribution in [3.05, 3.63) is 35.4 Å². The molecule has 6 heteroatoms. The van der Waals surface area contributed by atoms with Crippen molar-refractivity contribution in [1.82, 2.24) is 0 Å². The number of hydrogen-bond acceptors (Lipinski definition) is 6. The van der Waals surface area contributed by atoms with Gasteiger partial charge in [-0.05, 0) is 39.2 Å². The number of benzene rings is 1. The second-order valence-corrected chi connectivity index (χ2v) is 7.30. The molecule has 0 saturated heterocycles. The first-order valence-electron chi connectivity index (χ1n) is 9.12. The maximum Gasteiger partial charge on any atom is 0.324 e.